The largest absolute Gasteiger partial charge is 0.493 e. The highest BCUT2D eigenvalue weighted by Gasteiger charge is 2.19. The summed E-state index contributed by atoms with van der Waals surface area (Å²) >= 11 is 3.74. The molecule has 0 saturated carbocycles. The number of ether oxygens (including phenoxy) is 2. The van der Waals surface area contributed by atoms with E-state index in [1.165, 1.54) is 5.56 Å². The third-order valence-electron chi connectivity index (χ3n) is 2.56. The highest BCUT2D eigenvalue weighted by Crippen LogP contribution is 2.38. The molecule has 0 aliphatic carbocycles. The maximum atomic E-state index is 5.31. The molecule has 0 spiro atoms. The Morgan fingerprint density at radius 1 is 1.12 bits per heavy atom. The van der Waals surface area contributed by atoms with Crippen LogP contribution in [0.3, 0.4) is 0 Å². The molecule has 1 atom stereocenters. The average Bonchev–Trinajstić information content (AvgIpc) is 2.25. The Morgan fingerprint density at radius 2 is 1.71 bits per heavy atom. The van der Waals surface area contributed by atoms with Gasteiger partial charge in [-0.1, -0.05) is 42.8 Å². The van der Waals surface area contributed by atoms with E-state index in [0.717, 1.165) is 17.9 Å². The molecule has 2 nitrogen and oxygen atoms in total. The topological polar surface area (TPSA) is 18.5 Å². The number of rotatable bonds is 4. The summed E-state index contributed by atoms with van der Waals surface area (Å²) < 4.78 is 10.5. The predicted octanol–water partition coefficient (Wildman–Crippen LogP) is 4.58. The van der Waals surface area contributed by atoms with Crippen molar-refractivity contribution in [2.24, 2.45) is 5.41 Å². The first-order valence-corrected chi connectivity index (χ1v) is 6.65. The smallest absolute Gasteiger partial charge is 0.161 e. The molecule has 0 heterocycles. The Bertz CT molecular complexity index is 369. The van der Waals surface area contributed by atoms with Gasteiger partial charge in [-0.25, -0.2) is 0 Å². The van der Waals surface area contributed by atoms with Gasteiger partial charge in [-0.2, -0.15) is 0 Å². The van der Waals surface area contributed by atoms with Gasteiger partial charge in [0.25, 0.3) is 0 Å². The van der Waals surface area contributed by atoms with Crippen molar-refractivity contribution in [3.8, 4) is 11.5 Å². The van der Waals surface area contributed by atoms with E-state index in [2.05, 4.69) is 42.8 Å². The van der Waals surface area contributed by atoms with E-state index in [0.29, 0.717) is 10.2 Å². The van der Waals surface area contributed by atoms with Gasteiger partial charge in [0, 0.05) is 4.83 Å². The fourth-order valence-electron chi connectivity index (χ4n) is 1.70. The maximum Gasteiger partial charge on any atom is 0.161 e. The minimum absolute atomic E-state index is 0.293. The van der Waals surface area contributed by atoms with Crippen molar-refractivity contribution in [2.75, 3.05) is 14.2 Å². The Hall–Kier alpha value is -0.700. The number of methoxy groups -OCH3 is 2. The Labute approximate surface area is 112 Å². The zero-order valence-electron chi connectivity index (χ0n) is 11.2. The van der Waals surface area contributed by atoms with Crippen molar-refractivity contribution in [3.05, 3.63) is 23.8 Å². The van der Waals surface area contributed by atoms with Crippen LogP contribution in [-0.2, 0) is 0 Å². The summed E-state index contributed by atoms with van der Waals surface area (Å²) in [5.41, 5.74) is 1.51. The Kier molecular flexibility index (Phi) is 4.87. The molecule has 0 amide bonds. The second-order valence-electron chi connectivity index (χ2n) is 5.35. The third-order valence-corrected chi connectivity index (χ3v) is 3.41. The molecule has 0 N–H and O–H groups in total. The lowest BCUT2D eigenvalue weighted by Gasteiger charge is -2.22. The Balaban J connectivity index is 2.92. The van der Waals surface area contributed by atoms with Gasteiger partial charge in [0.05, 0.1) is 14.2 Å². The second kappa shape index (κ2) is 5.76. The summed E-state index contributed by atoms with van der Waals surface area (Å²) in [6, 6.07) is 6.06. The molecule has 0 saturated heterocycles. The molecule has 17 heavy (non-hydrogen) atoms. The van der Waals surface area contributed by atoms with Crippen molar-refractivity contribution in [2.45, 2.75) is 32.0 Å². The molecular weight excluding hydrogens is 280 g/mol. The molecule has 0 aliphatic heterocycles. The number of benzene rings is 1. The van der Waals surface area contributed by atoms with Crippen LogP contribution >= 0.6 is 15.9 Å². The summed E-state index contributed by atoms with van der Waals surface area (Å²) in [6.07, 6.45) is 1.07. The maximum absolute atomic E-state index is 5.31. The second-order valence-corrected chi connectivity index (χ2v) is 6.45. The minimum Gasteiger partial charge on any atom is -0.493 e. The van der Waals surface area contributed by atoms with Crippen molar-refractivity contribution < 1.29 is 9.47 Å². The molecule has 1 aromatic carbocycles. The molecule has 0 fully saturated rings. The van der Waals surface area contributed by atoms with E-state index in [-0.39, 0.29) is 0 Å². The summed E-state index contributed by atoms with van der Waals surface area (Å²) in [6.45, 7) is 6.71. The molecule has 1 unspecified atom stereocenters. The first kappa shape index (κ1) is 14.4. The highest BCUT2D eigenvalue weighted by atomic mass is 79.9. The van der Waals surface area contributed by atoms with Gasteiger partial charge in [0.1, 0.15) is 0 Å². The predicted molar refractivity (Wildman–Crippen MR) is 75.3 cm³/mol. The highest BCUT2D eigenvalue weighted by molar-refractivity contribution is 9.09. The van der Waals surface area contributed by atoms with Gasteiger partial charge in [0.15, 0.2) is 11.5 Å². The Morgan fingerprint density at radius 3 is 2.18 bits per heavy atom. The standard InChI is InChI=1S/C14H21BrO2/c1-14(2,3)9-11(15)10-6-7-12(16-4)13(8-10)17-5/h6-8,11H,9H2,1-5H3. The van der Waals surface area contributed by atoms with Crippen LogP contribution in [0, 0.1) is 5.41 Å². The average molecular weight is 301 g/mol. The molecule has 3 heteroatoms. The molecule has 0 bridgehead atoms. The van der Waals surface area contributed by atoms with E-state index in [4.69, 9.17) is 9.47 Å². The van der Waals surface area contributed by atoms with Crippen LogP contribution in [0.1, 0.15) is 37.6 Å². The van der Waals surface area contributed by atoms with Gasteiger partial charge in [-0.15, -0.1) is 0 Å². The van der Waals surface area contributed by atoms with Gasteiger partial charge < -0.3 is 9.47 Å². The van der Waals surface area contributed by atoms with Crippen molar-refractivity contribution in [1.82, 2.24) is 0 Å². The van der Waals surface area contributed by atoms with Crippen LogP contribution in [0.15, 0.2) is 18.2 Å². The first-order valence-electron chi connectivity index (χ1n) is 5.73. The summed E-state index contributed by atoms with van der Waals surface area (Å²) in [5.74, 6) is 1.55. The van der Waals surface area contributed by atoms with Crippen LogP contribution in [-0.4, -0.2) is 14.2 Å². The van der Waals surface area contributed by atoms with Crippen molar-refractivity contribution >= 4 is 15.9 Å². The van der Waals surface area contributed by atoms with Gasteiger partial charge in [-0.05, 0) is 29.5 Å². The lowest BCUT2D eigenvalue weighted by atomic mass is 9.88. The minimum atomic E-state index is 0.293. The third kappa shape index (κ3) is 4.23. The molecular formula is C14H21BrO2. The van der Waals surface area contributed by atoms with Crippen LogP contribution in [0.2, 0.25) is 0 Å². The number of hydrogen-bond donors (Lipinski definition) is 0. The number of hydrogen-bond acceptors (Lipinski definition) is 2. The first-order chi connectivity index (χ1) is 7.87. The lowest BCUT2D eigenvalue weighted by Crippen LogP contribution is -2.08. The normalized spacial score (nSPS) is 13.3. The zero-order chi connectivity index (χ0) is 13.1. The quantitative estimate of drug-likeness (QED) is 0.758. The monoisotopic (exact) mass is 300 g/mol. The summed E-state index contributed by atoms with van der Waals surface area (Å²) in [5, 5.41) is 0. The lowest BCUT2D eigenvalue weighted by molar-refractivity contribution is 0.353. The van der Waals surface area contributed by atoms with Crippen molar-refractivity contribution in [3.63, 3.8) is 0 Å². The molecule has 0 aromatic heterocycles. The molecule has 1 aromatic rings. The summed E-state index contributed by atoms with van der Waals surface area (Å²) in [4.78, 5) is 0.335. The van der Waals surface area contributed by atoms with Crippen LogP contribution in [0.25, 0.3) is 0 Å². The zero-order valence-corrected chi connectivity index (χ0v) is 12.8. The number of alkyl halides is 1. The fourth-order valence-corrected chi connectivity index (χ4v) is 2.96. The molecule has 96 valence electrons. The fraction of sp³-hybridized carbons (Fsp3) is 0.571. The van der Waals surface area contributed by atoms with Gasteiger partial charge >= 0.3 is 0 Å². The van der Waals surface area contributed by atoms with E-state index < -0.39 is 0 Å². The van der Waals surface area contributed by atoms with Gasteiger partial charge in [0.2, 0.25) is 0 Å². The van der Waals surface area contributed by atoms with Crippen molar-refractivity contribution in [1.29, 1.82) is 0 Å². The van der Waals surface area contributed by atoms with Gasteiger partial charge in [-0.3, -0.25) is 0 Å². The van der Waals surface area contributed by atoms with E-state index in [9.17, 15) is 0 Å². The van der Waals surface area contributed by atoms with Crippen LogP contribution in [0.4, 0.5) is 0 Å². The molecule has 0 aliphatic rings. The van der Waals surface area contributed by atoms with E-state index >= 15 is 0 Å². The molecule has 0 radical (unpaired) electrons. The summed E-state index contributed by atoms with van der Waals surface area (Å²) in [7, 11) is 3.31. The number of halogens is 1. The van der Waals surface area contributed by atoms with Crippen LogP contribution in [0.5, 0.6) is 11.5 Å². The van der Waals surface area contributed by atoms with E-state index in [1.807, 2.05) is 12.1 Å². The van der Waals surface area contributed by atoms with Crippen LogP contribution < -0.4 is 9.47 Å². The van der Waals surface area contributed by atoms with E-state index in [1.54, 1.807) is 14.2 Å². The SMILES string of the molecule is COc1ccc(C(Br)CC(C)(C)C)cc1OC. The molecule has 1 rings (SSSR count).